The van der Waals surface area contributed by atoms with E-state index in [4.69, 9.17) is 29.7 Å². The molecule has 19 heavy (non-hydrogen) atoms. The maximum atomic E-state index is 6.39. The van der Waals surface area contributed by atoms with Gasteiger partial charge in [-0.3, -0.25) is 0 Å². The summed E-state index contributed by atoms with van der Waals surface area (Å²) in [5.41, 5.74) is 4.56. The number of anilines is 1. The molecule has 0 amide bonds. The largest absolute Gasteiger partial charge is 0.330 e. The summed E-state index contributed by atoms with van der Waals surface area (Å²) in [4.78, 5) is 0. The maximum absolute atomic E-state index is 6.39. The molecule has 1 fully saturated rings. The predicted octanol–water partition coefficient (Wildman–Crippen LogP) is 3.53. The van der Waals surface area contributed by atoms with Crippen LogP contribution in [0.4, 0.5) is 5.69 Å². The first-order valence-electron chi connectivity index (χ1n) is 6.19. The fraction of sp³-hybridized carbons (Fsp3) is 0.214. The van der Waals surface area contributed by atoms with Gasteiger partial charge < -0.3 is 10.7 Å². The topological polar surface area (TPSA) is 50.1 Å². The molecule has 3 rings (SSSR count). The summed E-state index contributed by atoms with van der Waals surface area (Å²) >= 11 is 11.4. The molecule has 0 radical (unpaired) electrons. The second kappa shape index (κ2) is 4.96. The van der Waals surface area contributed by atoms with E-state index in [1.54, 1.807) is 0 Å². The van der Waals surface area contributed by atoms with Gasteiger partial charge in [0.15, 0.2) is 5.11 Å². The monoisotopic (exact) mass is 291 g/mol. The van der Waals surface area contributed by atoms with Gasteiger partial charge in [-0.2, -0.15) is 0 Å². The summed E-state index contributed by atoms with van der Waals surface area (Å²) in [6.07, 6.45) is 2.49. The Hall–Kier alpha value is -1.36. The molecule has 0 heterocycles. The van der Waals surface area contributed by atoms with Gasteiger partial charge in [0.05, 0.1) is 10.7 Å². The Balaban J connectivity index is 2.19. The van der Waals surface area contributed by atoms with Crippen LogP contribution in [0, 0.1) is 0 Å². The van der Waals surface area contributed by atoms with Crippen LogP contribution in [-0.4, -0.2) is 5.11 Å². The van der Waals surface area contributed by atoms with Gasteiger partial charge in [0.1, 0.15) is 0 Å². The highest BCUT2D eigenvalue weighted by Crippen LogP contribution is 2.46. The molecule has 98 valence electrons. The summed E-state index contributed by atoms with van der Waals surface area (Å²) in [5.74, 6) is 5.95. The molecule has 0 aromatic heterocycles. The lowest BCUT2D eigenvalue weighted by Crippen LogP contribution is -2.34. The van der Waals surface area contributed by atoms with E-state index in [1.807, 2.05) is 18.2 Å². The molecular formula is C14H14ClN3S. The number of thiocarbonyl (C=S) groups is 1. The minimum atomic E-state index is 0.353. The van der Waals surface area contributed by atoms with E-state index in [1.165, 1.54) is 23.8 Å². The van der Waals surface area contributed by atoms with E-state index in [2.05, 4.69) is 22.9 Å². The van der Waals surface area contributed by atoms with E-state index in [-0.39, 0.29) is 0 Å². The third-order valence-corrected chi connectivity index (χ3v) is 3.93. The fourth-order valence-corrected chi connectivity index (χ4v) is 2.75. The van der Waals surface area contributed by atoms with Gasteiger partial charge in [-0.25, -0.2) is 5.84 Å². The van der Waals surface area contributed by atoms with Crippen molar-refractivity contribution in [3.63, 3.8) is 0 Å². The minimum Gasteiger partial charge on any atom is -0.330 e. The van der Waals surface area contributed by atoms with Gasteiger partial charge in [-0.1, -0.05) is 35.9 Å². The standard InChI is InChI=1S/C14H14ClN3S/c15-12-7-11(8-5-6-8)9-3-1-2-4-10(9)13(12)17-14(19)18-16/h1-4,7-8H,5-6,16H2,(H2,17,18,19). The first-order chi connectivity index (χ1) is 9.20. The number of hydrogen-bond donors (Lipinski definition) is 3. The molecule has 0 unspecified atom stereocenters. The molecule has 0 bridgehead atoms. The van der Waals surface area contributed by atoms with Crippen molar-refractivity contribution in [2.24, 2.45) is 5.84 Å². The fourth-order valence-electron chi connectivity index (χ4n) is 2.38. The molecule has 2 aromatic carbocycles. The molecule has 5 heteroatoms. The SMILES string of the molecule is NNC(=S)Nc1c(Cl)cc(C2CC2)c2ccccc12. The van der Waals surface area contributed by atoms with Crippen molar-refractivity contribution >= 4 is 45.4 Å². The number of nitrogens with two attached hydrogens (primary N) is 1. The van der Waals surface area contributed by atoms with E-state index in [9.17, 15) is 0 Å². The number of rotatable bonds is 2. The van der Waals surface area contributed by atoms with Crippen LogP contribution in [0.3, 0.4) is 0 Å². The quantitative estimate of drug-likeness (QED) is 0.450. The van der Waals surface area contributed by atoms with Gasteiger partial charge in [-0.15, -0.1) is 0 Å². The molecular weight excluding hydrogens is 278 g/mol. The normalized spacial score (nSPS) is 14.4. The Morgan fingerprint density at radius 3 is 2.58 bits per heavy atom. The van der Waals surface area contributed by atoms with Crippen LogP contribution in [0.5, 0.6) is 0 Å². The second-order valence-corrected chi connectivity index (χ2v) is 5.56. The number of halogens is 1. The van der Waals surface area contributed by atoms with Crippen LogP contribution in [0.2, 0.25) is 5.02 Å². The highest BCUT2D eigenvalue weighted by Gasteiger charge is 2.26. The summed E-state index contributed by atoms with van der Waals surface area (Å²) in [7, 11) is 0. The molecule has 0 aliphatic heterocycles. The van der Waals surface area contributed by atoms with Gasteiger partial charge in [0.25, 0.3) is 0 Å². The number of nitrogens with one attached hydrogen (secondary N) is 2. The summed E-state index contributed by atoms with van der Waals surface area (Å²) in [6.45, 7) is 0. The smallest absolute Gasteiger partial charge is 0.185 e. The van der Waals surface area contributed by atoms with Crippen LogP contribution in [-0.2, 0) is 0 Å². The van der Waals surface area contributed by atoms with E-state index in [0.717, 1.165) is 11.1 Å². The van der Waals surface area contributed by atoms with Gasteiger partial charge in [0, 0.05) is 5.39 Å². The average molecular weight is 292 g/mol. The van der Waals surface area contributed by atoms with Gasteiger partial charge in [0.2, 0.25) is 0 Å². The lowest BCUT2D eigenvalue weighted by atomic mass is 9.99. The molecule has 0 spiro atoms. The summed E-state index contributed by atoms with van der Waals surface area (Å²) < 4.78 is 0. The van der Waals surface area contributed by atoms with Crippen molar-refractivity contribution in [2.45, 2.75) is 18.8 Å². The molecule has 1 aliphatic carbocycles. The second-order valence-electron chi connectivity index (χ2n) is 4.74. The van der Waals surface area contributed by atoms with Crippen molar-refractivity contribution < 1.29 is 0 Å². The number of hydrazine groups is 1. The average Bonchev–Trinajstić information content (AvgIpc) is 3.25. The molecule has 1 saturated carbocycles. The predicted molar refractivity (Wildman–Crippen MR) is 84.5 cm³/mol. The Kier molecular flexibility index (Phi) is 3.31. The van der Waals surface area contributed by atoms with Crippen molar-refractivity contribution in [2.75, 3.05) is 5.32 Å². The molecule has 4 N–H and O–H groups in total. The molecule has 0 atom stereocenters. The minimum absolute atomic E-state index is 0.353. The zero-order valence-corrected chi connectivity index (χ0v) is 11.8. The highest BCUT2D eigenvalue weighted by atomic mass is 35.5. The summed E-state index contributed by atoms with van der Waals surface area (Å²) in [6, 6.07) is 10.3. The first-order valence-corrected chi connectivity index (χ1v) is 6.98. The summed E-state index contributed by atoms with van der Waals surface area (Å²) in [5, 5.41) is 6.40. The van der Waals surface area contributed by atoms with Crippen LogP contribution in [0.25, 0.3) is 10.8 Å². The Morgan fingerprint density at radius 2 is 1.95 bits per heavy atom. The van der Waals surface area contributed by atoms with Crippen molar-refractivity contribution in [3.05, 3.63) is 40.9 Å². The highest BCUT2D eigenvalue weighted by molar-refractivity contribution is 7.80. The molecule has 0 saturated heterocycles. The first kappa shape index (κ1) is 12.7. The Morgan fingerprint density at radius 1 is 1.26 bits per heavy atom. The molecule has 2 aromatic rings. The van der Waals surface area contributed by atoms with Crippen molar-refractivity contribution in [1.29, 1.82) is 0 Å². The van der Waals surface area contributed by atoms with Crippen molar-refractivity contribution in [3.8, 4) is 0 Å². The Bertz CT molecular complexity index is 652. The number of fused-ring (bicyclic) bond motifs is 1. The lowest BCUT2D eigenvalue weighted by molar-refractivity contribution is 1.04. The van der Waals surface area contributed by atoms with E-state index >= 15 is 0 Å². The maximum Gasteiger partial charge on any atom is 0.185 e. The van der Waals surface area contributed by atoms with Gasteiger partial charge >= 0.3 is 0 Å². The van der Waals surface area contributed by atoms with E-state index in [0.29, 0.717) is 16.1 Å². The van der Waals surface area contributed by atoms with Crippen LogP contribution in [0.15, 0.2) is 30.3 Å². The lowest BCUT2D eigenvalue weighted by Gasteiger charge is -2.15. The van der Waals surface area contributed by atoms with Crippen LogP contribution < -0.4 is 16.6 Å². The van der Waals surface area contributed by atoms with E-state index < -0.39 is 0 Å². The van der Waals surface area contributed by atoms with Crippen molar-refractivity contribution in [1.82, 2.24) is 5.43 Å². The van der Waals surface area contributed by atoms with Crippen LogP contribution in [0.1, 0.15) is 24.3 Å². The molecule has 1 aliphatic rings. The number of benzene rings is 2. The van der Waals surface area contributed by atoms with Crippen LogP contribution >= 0.6 is 23.8 Å². The van der Waals surface area contributed by atoms with Gasteiger partial charge in [-0.05, 0) is 48.0 Å². The Labute approximate surface area is 122 Å². The zero-order valence-electron chi connectivity index (χ0n) is 10.2. The zero-order chi connectivity index (χ0) is 13.4. The molecule has 3 nitrogen and oxygen atoms in total. The third kappa shape index (κ3) is 2.39. The number of hydrogen-bond acceptors (Lipinski definition) is 2. The third-order valence-electron chi connectivity index (χ3n) is 3.42.